The molecule has 0 radical (unpaired) electrons. The quantitative estimate of drug-likeness (QED) is 0.785. The Bertz CT molecular complexity index is 291. The molecule has 18 heavy (non-hydrogen) atoms. The van der Waals surface area contributed by atoms with Gasteiger partial charge < -0.3 is 14.6 Å². The lowest BCUT2D eigenvalue weighted by atomic mass is 9.92. The lowest BCUT2D eigenvalue weighted by Crippen LogP contribution is -2.26. The van der Waals surface area contributed by atoms with Crippen LogP contribution in [-0.2, 0) is 14.3 Å². The topological polar surface area (TPSA) is 55.8 Å². The zero-order chi connectivity index (χ0) is 14.0. The summed E-state index contributed by atoms with van der Waals surface area (Å²) in [7, 11) is 0. The van der Waals surface area contributed by atoms with Crippen LogP contribution in [-0.4, -0.2) is 36.0 Å². The molecule has 0 bridgehead atoms. The molecule has 1 saturated heterocycles. The smallest absolute Gasteiger partial charge is 0.311 e. The van der Waals surface area contributed by atoms with E-state index in [1.165, 1.54) is 0 Å². The predicted molar refractivity (Wildman–Crippen MR) is 69.2 cm³/mol. The Balaban J connectivity index is 2.38. The molecule has 1 aliphatic rings. The Morgan fingerprint density at radius 2 is 2.06 bits per heavy atom. The molecule has 0 spiro atoms. The van der Waals surface area contributed by atoms with Crippen molar-refractivity contribution >= 4 is 5.97 Å². The van der Waals surface area contributed by atoms with Gasteiger partial charge in [-0.25, -0.2) is 0 Å². The van der Waals surface area contributed by atoms with E-state index in [0.29, 0.717) is 6.61 Å². The number of aliphatic hydroxyl groups is 1. The molecular weight excluding hydrogens is 232 g/mol. The largest absolute Gasteiger partial charge is 0.465 e. The molecular formula is C14H26O4. The zero-order valence-electron chi connectivity index (χ0n) is 12.2. The fourth-order valence-corrected chi connectivity index (χ4v) is 2.31. The van der Waals surface area contributed by atoms with Gasteiger partial charge in [-0.05, 0) is 53.4 Å². The molecule has 0 amide bonds. The number of carbonyl (C=O) groups excluding carboxylic acids is 1. The number of rotatable bonds is 4. The highest BCUT2D eigenvalue weighted by molar-refractivity contribution is 5.75. The van der Waals surface area contributed by atoms with E-state index >= 15 is 0 Å². The second-order valence-electron chi connectivity index (χ2n) is 6.74. The third kappa shape index (κ3) is 4.25. The minimum Gasteiger partial charge on any atom is -0.465 e. The molecule has 0 aromatic carbocycles. The van der Waals surface area contributed by atoms with Gasteiger partial charge in [0.2, 0.25) is 0 Å². The molecule has 1 aliphatic heterocycles. The maximum Gasteiger partial charge on any atom is 0.311 e. The van der Waals surface area contributed by atoms with Crippen molar-refractivity contribution in [1.29, 1.82) is 0 Å². The van der Waals surface area contributed by atoms with Gasteiger partial charge >= 0.3 is 5.97 Å². The first-order chi connectivity index (χ1) is 8.15. The van der Waals surface area contributed by atoms with Gasteiger partial charge in [-0.2, -0.15) is 0 Å². The monoisotopic (exact) mass is 258 g/mol. The summed E-state index contributed by atoms with van der Waals surface area (Å²) in [5, 5.41) is 9.27. The summed E-state index contributed by atoms with van der Waals surface area (Å²) in [5.41, 5.74) is -0.645. The first-order valence-corrected chi connectivity index (χ1v) is 6.61. The number of hydrogen-bond acceptors (Lipinski definition) is 4. The minimum absolute atomic E-state index is 0.0291. The highest BCUT2D eigenvalue weighted by Gasteiger charge is 2.39. The Morgan fingerprint density at radius 1 is 1.44 bits per heavy atom. The highest BCUT2D eigenvalue weighted by atomic mass is 16.5. The summed E-state index contributed by atoms with van der Waals surface area (Å²) < 4.78 is 11.0. The van der Waals surface area contributed by atoms with Gasteiger partial charge in [-0.1, -0.05) is 0 Å². The van der Waals surface area contributed by atoms with E-state index in [4.69, 9.17) is 9.47 Å². The number of esters is 1. The van der Waals surface area contributed by atoms with Crippen molar-refractivity contribution in [3.63, 3.8) is 0 Å². The summed E-state index contributed by atoms with van der Waals surface area (Å²) in [5.74, 6) is 0.0824. The Kier molecular flexibility index (Phi) is 4.78. The van der Waals surface area contributed by atoms with Gasteiger partial charge in [0.05, 0.1) is 30.3 Å². The van der Waals surface area contributed by atoms with Crippen molar-refractivity contribution < 1.29 is 19.4 Å². The molecule has 0 aliphatic carbocycles. The van der Waals surface area contributed by atoms with Crippen LogP contribution >= 0.6 is 0 Å². The van der Waals surface area contributed by atoms with Crippen LogP contribution in [0.3, 0.4) is 0 Å². The van der Waals surface area contributed by atoms with Crippen molar-refractivity contribution in [3.8, 4) is 0 Å². The summed E-state index contributed by atoms with van der Waals surface area (Å²) in [6.45, 7) is 10.0. The van der Waals surface area contributed by atoms with Crippen LogP contribution in [0.4, 0.5) is 0 Å². The van der Waals surface area contributed by atoms with Gasteiger partial charge in [0.1, 0.15) is 0 Å². The molecule has 4 heteroatoms. The molecule has 106 valence electrons. The van der Waals surface area contributed by atoms with Gasteiger partial charge in [0, 0.05) is 0 Å². The number of hydrogen-bond donors (Lipinski definition) is 1. The van der Waals surface area contributed by atoms with E-state index in [2.05, 4.69) is 0 Å². The molecule has 1 N–H and O–H groups in total. The summed E-state index contributed by atoms with van der Waals surface area (Å²) in [4.78, 5) is 11.6. The molecule has 0 saturated carbocycles. The van der Waals surface area contributed by atoms with Crippen LogP contribution in [0.5, 0.6) is 0 Å². The van der Waals surface area contributed by atoms with Crippen molar-refractivity contribution in [2.24, 2.45) is 11.3 Å². The van der Waals surface area contributed by atoms with Gasteiger partial charge in [-0.3, -0.25) is 4.79 Å². The fraction of sp³-hybridized carbons (Fsp3) is 0.929. The molecule has 1 rings (SSSR count). The van der Waals surface area contributed by atoms with Gasteiger partial charge in [0.25, 0.3) is 0 Å². The van der Waals surface area contributed by atoms with Gasteiger partial charge in [0.15, 0.2) is 0 Å². The molecule has 2 atom stereocenters. The third-order valence-corrected chi connectivity index (χ3v) is 3.26. The lowest BCUT2D eigenvalue weighted by Gasteiger charge is -2.19. The van der Waals surface area contributed by atoms with Crippen molar-refractivity contribution in [2.75, 3.05) is 13.2 Å². The maximum atomic E-state index is 11.6. The van der Waals surface area contributed by atoms with Crippen LogP contribution in [0.25, 0.3) is 0 Å². The third-order valence-electron chi connectivity index (χ3n) is 3.26. The fourth-order valence-electron chi connectivity index (χ4n) is 2.31. The van der Waals surface area contributed by atoms with Crippen molar-refractivity contribution in [2.45, 2.75) is 59.2 Å². The van der Waals surface area contributed by atoms with Crippen molar-refractivity contribution in [1.82, 2.24) is 0 Å². The van der Waals surface area contributed by atoms with Crippen LogP contribution in [0, 0.1) is 11.3 Å². The molecule has 0 aromatic heterocycles. The minimum atomic E-state index is -0.457. The predicted octanol–water partition coefficient (Wildman–Crippen LogP) is 2.14. The Labute approximate surface area is 110 Å². The number of aliphatic hydroxyl groups excluding tert-OH is 1. The van der Waals surface area contributed by atoms with E-state index in [1.807, 2.05) is 34.6 Å². The van der Waals surface area contributed by atoms with E-state index in [-0.39, 0.29) is 30.2 Å². The number of ether oxygens (including phenoxy) is 2. The summed E-state index contributed by atoms with van der Waals surface area (Å²) in [6.07, 6.45) is 1.51. The van der Waals surface area contributed by atoms with E-state index in [1.54, 1.807) is 0 Å². The average molecular weight is 258 g/mol. The molecule has 1 unspecified atom stereocenters. The normalized spacial score (nSPS) is 27.2. The number of carbonyl (C=O) groups is 1. The van der Waals surface area contributed by atoms with E-state index in [0.717, 1.165) is 12.8 Å². The summed E-state index contributed by atoms with van der Waals surface area (Å²) >= 11 is 0. The standard InChI is InChI=1S/C14H26O4/c1-13(2,3)12(16)17-7-6-10-8-14(4,5)18-11(10)9-15/h10-11,15H,6-9H2,1-5H3/t10-,11?/m1/s1. The molecule has 0 aromatic rings. The molecule has 1 heterocycles. The van der Waals surface area contributed by atoms with Gasteiger partial charge in [-0.15, -0.1) is 0 Å². The Hall–Kier alpha value is -0.610. The van der Waals surface area contributed by atoms with Crippen LogP contribution < -0.4 is 0 Å². The molecule has 1 fully saturated rings. The van der Waals surface area contributed by atoms with E-state index in [9.17, 15) is 9.90 Å². The summed E-state index contributed by atoms with van der Waals surface area (Å²) in [6, 6.07) is 0. The lowest BCUT2D eigenvalue weighted by molar-refractivity contribution is -0.153. The van der Waals surface area contributed by atoms with Crippen LogP contribution in [0.2, 0.25) is 0 Å². The van der Waals surface area contributed by atoms with Crippen LogP contribution in [0.15, 0.2) is 0 Å². The van der Waals surface area contributed by atoms with E-state index < -0.39 is 5.41 Å². The zero-order valence-corrected chi connectivity index (χ0v) is 12.2. The first-order valence-electron chi connectivity index (χ1n) is 6.61. The highest BCUT2D eigenvalue weighted by Crippen LogP contribution is 2.36. The second kappa shape index (κ2) is 5.57. The Morgan fingerprint density at radius 3 is 2.56 bits per heavy atom. The van der Waals surface area contributed by atoms with Crippen LogP contribution in [0.1, 0.15) is 47.5 Å². The van der Waals surface area contributed by atoms with Crippen molar-refractivity contribution in [3.05, 3.63) is 0 Å². The SMILES string of the molecule is CC1(C)C[C@@H](CCOC(=O)C(C)(C)C)C(CO)O1. The second-order valence-corrected chi connectivity index (χ2v) is 6.74. The average Bonchev–Trinajstić information content (AvgIpc) is 2.51. The maximum absolute atomic E-state index is 11.6. The first kappa shape index (κ1) is 15.4. The molecule has 4 nitrogen and oxygen atoms in total.